The van der Waals surface area contributed by atoms with Crippen LogP contribution < -0.4 is 19.5 Å². The minimum atomic E-state index is -0.0225. The monoisotopic (exact) mass is 358 g/mol. The number of nitrogens with one attached hydrogen (secondary N) is 1. The second kappa shape index (κ2) is 9.59. The first kappa shape index (κ1) is 20.4. The highest BCUT2D eigenvalue weighted by Crippen LogP contribution is 2.40. The zero-order chi connectivity index (χ0) is 16.8. The van der Waals surface area contributed by atoms with Crippen LogP contribution in [0.3, 0.4) is 0 Å². The van der Waals surface area contributed by atoms with E-state index in [9.17, 15) is 4.79 Å². The average molecular weight is 359 g/mol. The SMILES string of the molecule is CNCC1CCN(C(=O)c2ccc(OC)c(OC)c2OC)CC1.Cl. The van der Waals surface area contributed by atoms with E-state index in [0.29, 0.717) is 28.7 Å². The third kappa shape index (κ3) is 4.24. The Labute approximate surface area is 149 Å². The van der Waals surface area contributed by atoms with Gasteiger partial charge in [-0.2, -0.15) is 0 Å². The first-order valence-corrected chi connectivity index (χ1v) is 7.89. The summed E-state index contributed by atoms with van der Waals surface area (Å²) in [5.74, 6) is 2.04. The number of benzene rings is 1. The summed E-state index contributed by atoms with van der Waals surface area (Å²) in [5.41, 5.74) is 0.511. The lowest BCUT2D eigenvalue weighted by molar-refractivity contribution is 0.0687. The third-order valence-electron chi connectivity index (χ3n) is 4.33. The summed E-state index contributed by atoms with van der Waals surface area (Å²) < 4.78 is 16.0. The van der Waals surface area contributed by atoms with Crippen LogP contribution in [-0.2, 0) is 0 Å². The fourth-order valence-electron chi connectivity index (χ4n) is 3.07. The maximum Gasteiger partial charge on any atom is 0.257 e. The Bertz CT molecular complexity index is 546. The zero-order valence-corrected chi connectivity index (χ0v) is 15.6. The van der Waals surface area contributed by atoms with Crippen molar-refractivity contribution >= 4 is 18.3 Å². The van der Waals surface area contributed by atoms with Crippen molar-refractivity contribution in [2.24, 2.45) is 5.92 Å². The number of amides is 1. The van der Waals surface area contributed by atoms with Crippen LogP contribution >= 0.6 is 12.4 Å². The van der Waals surface area contributed by atoms with Crippen LogP contribution in [0.25, 0.3) is 0 Å². The molecular formula is C17H27ClN2O4. The van der Waals surface area contributed by atoms with Gasteiger partial charge >= 0.3 is 0 Å². The van der Waals surface area contributed by atoms with E-state index in [0.717, 1.165) is 32.5 Å². The van der Waals surface area contributed by atoms with E-state index < -0.39 is 0 Å². The van der Waals surface area contributed by atoms with E-state index in [1.165, 1.54) is 14.2 Å². The van der Waals surface area contributed by atoms with Crippen LogP contribution in [0.4, 0.5) is 0 Å². The molecule has 6 nitrogen and oxygen atoms in total. The lowest BCUT2D eigenvalue weighted by Gasteiger charge is -2.32. The predicted molar refractivity (Wildman–Crippen MR) is 95.9 cm³/mol. The number of carbonyl (C=O) groups is 1. The number of rotatable bonds is 6. The summed E-state index contributed by atoms with van der Waals surface area (Å²) >= 11 is 0. The molecule has 0 aromatic heterocycles. The van der Waals surface area contributed by atoms with Gasteiger partial charge in [-0.05, 0) is 44.5 Å². The molecule has 0 bridgehead atoms. The molecule has 0 atom stereocenters. The van der Waals surface area contributed by atoms with Gasteiger partial charge in [0, 0.05) is 13.1 Å². The van der Waals surface area contributed by atoms with Crippen molar-refractivity contribution in [2.75, 3.05) is 48.0 Å². The normalized spacial score (nSPS) is 14.8. The summed E-state index contributed by atoms with van der Waals surface area (Å²) in [6, 6.07) is 3.48. The van der Waals surface area contributed by atoms with Gasteiger partial charge in [0.25, 0.3) is 5.91 Å². The van der Waals surface area contributed by atoms with Gasteiger partial charge in [-0.1, -0.05) is 0 Å². The number of hydrogen-bond donors (Lipinski definition) is 1. The number of hydrogen-bond acceptors (Lipinski definition) is 5. The molecule has 0 aliphatic carbocycles. The van der Waals surface area contributed by atoms with Crippen LogP contribution in [0.5, 0.6) is 17.2 Å². The van der Waals surface area contributed by atoms with Crippen molar-refractivity contribution in [3.05, 3.63) is 17.7 Å². The van der Waals surface area contributed by atoms with E-state index >= 15 is 0 Å². The van der Waals surface area contributed by atoms with Crippen molar-refractivity contribution in [1.29, 1.82) is 0 Å². The maximum atomic E-state index is 12.8. The van der Waals surface area contributed by atoms with E-state index in [4.69, 9.17) is 14.2 Å². The third-order valence-corrected chi connectivity index (χ3v) is 4.33. The Hall–Kier alpha value is -1.66. The zero-order valence-electron chi connectivity index (χ0n) is 14.8. The molecule has 1 fully saturated rings. The van der Waals surface area contributed by atoms with Gasteiger partial charge in [-0.15, -0.1) is 12.4 Å². The largest absolute Gasteiger partial charge is 0.493 e. The van der Waals surface area contributed by atoms with Crippen LogP contribution in [-0.4, -0.2) is 58.8 Å². The highest BCUT2D eigenvalue weighted by molar-refractivity contribution is 5.98. The van der Waals surface area contributed by atoms with Gasteiger partial charge in [-0.3, -0.25) is 4.79 Å². The fourth-order valence-corrected chi connectivity index (χ4v) is 3.07. The van der Waals surface area contributed by atoms with Crippen LogP contribution in [0.2, 0.25) is 0 Å². The summed E-state index contributed by atoms with van der Waals surface area (Å²) in [4.78, 5) is 14.7. The Morgan fingerprint density at radius 2 is 1.75 bits per heavy atom. The smallest absolute Gasteiger partial charge is 0.257 e. The van der Waals surface area contributed by atoms with Crippen molar-refractivity contribution < 1.29 is 19.0 Å². The number of nitrogens with zero attached hydrogens (tertiary/aromatic N) is 1. The molecule has 1 N–H and O–H groups in total. The summed E-state index contributed by atoms with van der Waals surface area (Å²) in [6.45, 7) is 2.53. The Morgan fingerprint density at radius 1 is 1.12 bits per heavy atom. The van der Waals surface area contributed by atoms with Gasteiger partial charge in [0.05, 0.1) is 26.9 Å². The highest BCUT2D eigenvalue weighted by atomic mass is 35.5. The molecule has 24 heavy (non-hydrogen) atoms. The number of ether oxygens (including phenoxy) is 3. The van der Waals surface area contributed by atoms with Crippen LogP contribution in [0.1, 0.15) is 23.2 Å². The molecule has 1 heterocycles. The molecule has 0 unspecified atom stereocenters. The molecule has 2 rings (SSSR count). The Balaban J connectivity index is 0.00000288. The van der Waals surface area contributed by atoms with Crippen molar-refractivity contribution in [1.82, 2.24) is 10.2 Å². The van der Waals surface area contributed by atoms with Gasteiger partial charge in [-0.25, -0.2) is 0 Å². The van der Waals surface area contributed by atoms with Crippen molar-refractivity contribution in [3.8, 4) is 17.2 Å². The van der Waals surface area contributed by atoms with Crippen LogP contribution in [0, 0.1) is 5.92 Å². The fraction of sp³-hybridized carbons (Fsp3) is 0.588. The van der Waals surface area contributed by atoms with E-state index in [2.05, 4.69) is 5.32 Å². The minimum Gasteiger partial charge on any atom is -0.493 e. The molecule has 1 aliphatic rings. The molecule has 1 aliphatic heterocycles. The van der Waals surface area contributed by atoms with E-state index in [1.54, 1.807) is 19.2 Å². The Kier molecular flexibility index (Phi) is 8.15. The molecule has 1 aromatic carbocycles. The van der Waals surface area contributed by atoms with E-state index in [-0.39, 0.29) is 18.3 Å². The van der Waals surface area contributed by atoms with Gasteiger partial charge in [0.15, 0.2) is 11.5 Å². The standard InChI is InChI=1S/C17H26N2O4.ClH/c1-18-11-12-7-9-19(10-8-12)17(20)13-5-6-14(21-2)16(23-4)15(13)22-3;/h5-6,12,18H,7-11H2,1-4H3;1H. The molecule has 1 amide bonds. The van der Waals surface area contributed by atoms with Crippen LogP contribution in [0.15, 0.2) is 12.1 Å². The number of likely N-dealkylation sites (tertiary alicyclic amines) is 1. The molecule has 136 valence electrons. The molecule has 0 spiro atoms. The van der Waals surface area contributed by atoms with Gasteiger partial charge in [0.2, 0.25) is 5.75 Å². The molecular weight excluding hydrogens is 332 g/mol. The van der Waals surface area contributed by atoms with Gasteiger partial charge < -0.3 is 24.4 Å². The Morgan fingerprint density at radius 3 is 2.25 bits per heavy atom. The van der Waals surface area contributed by atoms with E-state index in [1.807, 2.05) is 11.9 Å². The lowest BCUT2D eigenvalue weighted by atomic mass is 9.96. The predicted octanol–water partition coefficient (Wildman–Crippen LogP) is 2.21. The quantitative estimate of drug-likeness (QED) is 0.844. The lowest BCUT2D eigenvalue weighted by Crippen LogP contribution is -2.40. The highest BCUT2D eigenvalue weighted by Gasteiger charge is 2.27. The molecule has 7 heteroatoms. The molecule has 0 radical (unpaired) electrons. The summed E-state index contributed by atoms with van der Waals surface area (Å²) in [7, 11) is 6.60. The minimum absolute atomic E-state index is 0. The topological polar surface area (TPSA) is 60.0 Å². The molecule has 1 saturated heterocycles. The average Bonchev–Trinajstić information content (AvgIpc) is 2.60. The first-order chi connectivity index (χ1) is 11.2. The number of carbonyl (C=O) groups excluding carboxylic acids is 1. The second-order valence-corrected chi connectivity index (χ2v) is 5.68. The second-order valence-electron chi connectivity index (χ2n) is 5.68. The first-order valence-electron chi connectivity index (χ1n) is 7.89. The maximum absolute atomic E-state index is 12.8. The van der Waals surface area contributed by atoms with Gasteiger partial charge in [0.1, 0.15) is 0 Å². The number of methoxy groups -OCH3 is 3. The summed E-state index contributed by atoms with van der Waals surface area (Å²) in [5, 5.41) is 3.21. The molecule has 1 aromatic rings. The van der Waals surface area contributed by atoms with Crippen molar-refractivity contribution in [2.45, 2.75) is 12.8 Å². The molecule has 0 saturated carbocycles. The summed E-state index contributed by atoms with van der Waals surface area (Å²) in [6.07, 6.45) is 2.03. The van der Waals surface area contributed by atoms with Crippen molar-refractivity contribution in [3.63, 3.8) is 0 Å². The number of piperidine rings is 1. The number of halogens is 1.